The lowest BCUT2D eigenvalue weighted by Gasteiger charge is -1.96. The van der Waals surface area contributed by atoms with Gasteiger partial charge in [0, 0.05) is 11.8 Å². The molecule has 0 amide bonds. The van der Waals surface area contributed by atoms with Gasteiger partial charge in [-0.2, -0.15) is 4.98 Å². The van der Waals surface area contributed by atoms with Crippen molar-refractivity contribution in [3.63, 3.8) is 0 Å². The third-order valence-electron chi connectivity index (χ3n) is 2.30. The van der Waals surface area contributed by atoms with Crippen molar-refractivity contribution in [2.24, 2.45) is 0 Å². The number of nitrogens with one attached hydrogen (secondary N) is 1. The SMILES string of the molecule is COC(=O)CC=Cc1c[nH]c2nc(Cl)nc(Cl)c12. The quantitative estimate of drug-likeness (QED) is 0.535. The Hall–Kier alpha value is -1.59. The van der Waals surface area contributed by atoms with Crippen LogP contribution in [0, 0.1) is 0 Å². The topological polar surface area (TPSA) is 67.9 Å². The molecule has 2 aromatic rings. The fourth-order valence-corrected chi connectivity index (χ4v) is 1.97. The molecule has 2 heterocycles. The molecule has 94 valence electrons. The van der Waals surface area contributed by atoms with Crippen LogP contribution in [0.3, 0.4) is 0 Å². The van der Waals surface area contributed by atoms with E-state index in [2.05, 4.69) is 19.7 Å². The van der Waals surface area contributed by atoms with Gasteiger partial charge in [0.05, 0.1) is 18.9 Å². The lowest BCUT2D eigenvalue weighted by molar-refractivity contribution is -0.139. The largest absolute Gasteiger partial charge is 0.469 e. The minimum atomic E-state index is -0.309. The molecular formula is C11H9Cl2N3O2. The molecule has 2 aromatic heterocycles. The van der Waals surface area contributed by atoms with E-state index in [0.717, 1.165) is 5.56 Å². The number of aromatic amines is 1. The maximum absolute atomic E-state index is 11.0. The van der Waals surface area contributed by atoms with E-state index in [9.17, 15) is 4.79 Å². The number of hydrogen-bond donors (Lipinski definition) is 1. The average Bonchev–Trinajstić information content (AvgIpc) is 2.72. The number of carbonyl (C=O) groups excluding carboxylic acids is 1. The summed E-state index contributed by atoms with van der Waals surface area (Å²) in [5, 5.41) is 1.02. The van der Waals surface area contributed by atoms with Gasteiger partial charge in [0.15, 0.2) is 0 Å². The maximum atomic E-state index is 11.0. The second kappa shape index (κ2) is 5.37. The molecule has 5 nitrogen and oxygen atoms in total. The van der Waals surface area contributed by atoms with E-state index in [1.807, 2.05) is 0 Å². The van der Waals surface area contributed by atoms with Crippen LogP contribution in [-0.4, -0.2) is 28.0 Å². The molecule has 0 bridgehead atoms. The van der Waals surface area contributed by atoms with Crippen molar-refractivity contribution >= 4 is 46.3 Å². The first kappa shape index (κ1) is 12.9. The number of esters is 1. The lowest BCUT2D eigenvalue weighted by Crippen LogP contribution is -1.96. The normalized spacial score (nSPS) is 11.3. The summed E-state index contributed by atoms with van der Waals surface area (Å²) in [6.45, 7) is 0. The molecule has 0 aliphatic heterocycles. The van der Waals surface area contributed by atoms with Crippen LogP contribution in [0.2, 0.25) is 10.4 Å². The highest BCUT2D eigenvalue weighted by Crippen LogP contribution is 2.26. The highest BCUT2D eigenvalue weighted by Gasteiger charge is 2.09. The Morgan fingerprint density at radius 2 is 2.28 bits per heavy atom. The van der Waals surface area contributed by atoms with Crippen LogP contribution in [0.4, 0.5) is 0 Å². The number of hydrogen-bond acceptors (Lipinski definition) is 4. The molecule has 0 radical (unpaired) electrons. The number of carbonyl (C=O) groups is 1. The van der Waals surface area contributed by atoms with Crippen LogP contribution in [-0.2, 0) is 9.53 Å². The summed E-state index contributed by atoms with van der Waals surface area (Å²) < 4.78 is 4.53. The van der Waals surface area contributed by atoms with E-state index >= 15 is 0 Å². The zero-order chi connectivity index (χ0) is 13.1. The van der Waals surface area contributed by atoms with Gasteiger partial charge in [0.2, 0.25) is 5.28 Å². The zero-order valence-corrected chi connectivity index (χ0v) is 10.9. The fraction of sp³-hybridized carbons (Fsp3) is 0.182. The molecule has 0 fully saturated rings. The minimum Gasteiger partial charge on any atom is -0.469 e. The Morgan fingerprint density at radius 1 is 1.50 bits per heavy atom. The fourth-order valence-electron chi connectivity index (χ4n) is 1.48. The van der Waals surface area contributed by atoms with Gasteiger partial charge < -0.3 is 9.72 Å². The number of H-pyrrole nitrogens is 1. The van der Waals surface area contributed by atoms with Crippen LogP contribution < -0.4 is 0 Å². The summed E-state index contributed by atoms with van der Waals surface area (Å²) in [6.07, 6.45) is 5.34. The van der Waals surface area contributed by atoms with Gasteiger partial charge in [-0.3, -0.25) is 4.79 Å². The second-order valence-electron chi connectivity index (χ2n) is 3.43. The van der Waals surface area contributed by atoms with Gasteiger partial charge >= 0.3 is 5.97 Å². The summed E-state index contributed by atoms with van der Waals surface area (Å²) in [5.74, 6) is -0.309. The molecule has 0 saturated carbocycles. The van der Waals surface area contributed by atoms with Crippen LogP contribution in [0.5, 0.6) is 0 Å². The molecule has 0 spiro atoms. The van der Waals surface area contributed by atoms with Crippen molar-refractivity contribution in [1.82, 2.24) is 15.0 Å². The number of rotatable bonds is 3. The summed E-state index contributed by atoms with van der Waals surface area (Å²) >= 11 is 11.7. The Labute approximate surface area is 113 Å². The molecule has 0 aliphatic rings. The monoisotopic (exact) mass is 285 g/mol. The molecular weight excluding hydrogens is 277 g/mol. The lowest BCUT2D eigenvalue weighted by atomic mass is 10.2. The molecule has 7 heteroatoms. The smallest absolute Gasteiger partial charge is 0.309 e. The van der Waals surface area contributed by atoms with Crippen LogP contribution in [0.25, 0.3) is 17.1 Å². The number of fused-ring (bicyclic) bond motifs is 1. The van der Waals surface area contributed by atoms with Gasteiger partial charge in [0.1, 0.15) is 10.8 Å². The van der Waals surface area contributed by atoms with Crippen LogP contribution >= 0.6 is 23.2 Å². The summed E-state index contributed by atoms with van der Waals surface area (Å²) in [5.41, 5.74) is 1.34. The summed E-state index contributed by atoms with van der Waals surface area (Å²) in [6, 6.07) is 0. The molecule has 0 unspecified atom stereocenters. The molecule has 0 atom stereocenters. The molecule has 0 aromatic carbocycles. The van der Waals surface area contributed by atoms with Gasteiger partial charge in [-0.25, -0.2) is 4.98 Å². The first-order valence-electron chi connectivity index (χ1n) is 5.05. The van der Waals surface area contributed by atoms with Crippen molar-refractivity contribution in [2.45, 2.75) is 6.42 Å². The highest BCUT2D eigenvalue weighted by atomic mass is 35.5. The first-order valence-corrected chi connectivity index (χ1v) is 5.81. The number of aromatic nitrogens is 3. The molecule has 18 heavy (non-hydrogen) atoms. The van der Waals surface area contributed by atoms with Crippen molar-refractivity contribution < 1.29 is 9.53 Å². The third-order valence-corrected chi connectivity index (χ3v) is 2.74. The molecule has 0 saturated heterocycles. The van der Waals surface area contributed by atoms with Crippen molar-refractivity contribution in [1.29, 1.82) is 0 Å². The average molecular weight is 286 g/mol. The van der Waals surface area contributed by atoms with Gasteiger partial charge in [-0.1, -0.05) is 23.8 Å². The number of ether oxygens (including phenoxy) is 1. The number of methoxy groups -OCH3 is 1. The summed E-state index contributed by atoms with van der Waals surface area (Å²) in [4.78, 5) is 21.8. The van der Waals surface area contributed by atoms with Crippen molar-refractivity contribution in [2.75, 3.05) is 7.11 Å². The van der Waals surface area contributed by atoms with Crippen molar-refractivity contribution in [3.8, 4) is 0 Å². The van der Waals surface area contributed by atoms with E-state index in [0.29, 0.717) is 11.0 Å². The predicted molar refractivity (Wildman–Crippen MR) is 69.6 cm³/mol. The molecule has 2 rings (SSSR count). The Kier molecular flexibility index (Phi) is 3.84. The third kappa shape index (κ3) is 2.63. The highest BCUT2D eigenvalue weighted by molar-refractivity contribution is 6.36. The van der Waals surface area contributed by atoms with Crippen LogP contribution in [0.1, 0.15) is 12.0 Å². The first-order chi connectivity index (χ1) is 8.61. The maximum Gasteiger partial charge on any atom is 0.309 e. The van der Waals surface area contributed by atoms with E-state index < -0.39 is 0 Å². The van der Waals surface area contributed by atoms with E-state index in [1.54, 1.807) is 18.3 Å². The standard InChI is InChI=1S/C11H9Cl2N3O2/c1-18-7(17)4-2-3-6-5-14-10-8(6)9(12)15-11(13)16-10/h2-3,5H,4H2,1H3,(H,14,15,16). The van der Waals surface area contributed by atoms with Gasteiger partial charge in [-0.05, 0) is 11.6 Å². The molecule has 1 N–H and O–H groups in total. The Morgan fingerprint density at radius 3 is 3.00 bits per heavy atom. The molecule has 0 aliphatic carbocycles. The minimum absolute atomic E-state index is 0.0828. The van der Waals surface area contributed by atoms with E-state index in [1.165, 1.54) is 7.11 Å². The van der Waals surface area contributed by atoms with E-state index in [-0.39, 0.29) is 22.8 Å². The van der Waals surface area contributed by atoms with Gasteiger partial charge in [-0.15, -0.1) is 0 Å². The van der Waals surface area contributed by atoms with Crippen molar-refractivity contribution in [3.05, 3.63) is 28.3 Å². The van der Waals surface area contributed by atoms with Gasteiger partial charge in [0.25, 0.3) is 0 Å². The Bertz CT molecular complexity index is 622. The Balaban J connectivity index is 2.32. The second-order valence-corrected chi connectivity index (χ2v) is 4.13. The predicted octanol–water partition coefficient (Wildman–Crippen LogP) is 2.84. The number of nitrogens with zero attached hydrogens (tertiary/aromatic N) is 2. The van der Waals surface area contributed by atoms with E-state index in [4.69, 9.17) is 23.2 Å². The summed E-state index contributed by atoms with van der Waals surface area (Å²) in [7, 11) is 1.34. The number of halogens is 2. The van der Waals surface area contributed by atoms with Crippen LogP contribution in [0.15, 0.2) is 12.3 Å². The zero-order valence-electron chi connectivity index (χ0n) is 9.41.